The molecule has 0 unspecified atom stereocenters. The van der Waals surface area contributed by atoms with E-state index in [0.29, 0.717) is 18.5 Å². The summed E-state index contributed by atoms with van der Waals surface area (Å²) >= 11 is 0. The number of ether oxygens (including phenoxy) is 1. The minimum atomic E-state index is -0.0702. The summed E-state index contributed by atoms with van der Waals surface area (Å²) in [6, 6.07) is 9.81. The predicted octanol–water partition coefficient (Wildman–Crippen LogP) is 2.39. The lowest BCUT2D eigenvalue weighted by atomic mass is 10.1. The second kappa shape index (κ2) is 8.86. The van der Waals surface area contributed by atoms with Crippen molar-refractivity contribution in [2.75, 3.05) is 51.2 Å². The number of amides is 1. The van der Waals surface area contributed by atoms with Crippen molar-refractivity contribution in [2.45, 2.75) is 25.9 Å². The number of nitrogens with one attached hydrogen (secondary N) is 1. The van der Waals surface area contributed by atoms with Crippen LogP contribution in [0.5, 0.6) is 0 Å². The molecule has 0 radical (unpaired) electrons. The number of aromatic nitrogens is 1. The van der Waals surface area contributed by atoms with Crippen molar-refractivity contribution in [3.05, 3.63) is 35.9 Å². The monoisotopic (exact) mass is 384 g/mol. The zero-order chi connectivity index (χ0) is 19.3. The third kappa shape index (κ3) is 4.98. The van der Waals surface area contributed by atoms with Gasteiger partial charge in [-0.15, -0.1) is 0 Å². The molecule has 7 heteroatoms. The first-order valence-corrected chi connectivity index (χ1v) is 10.1. The molecule has 150 valence electrons. The highest BCUT2D eigenvalue weighted by Crippen LogP contribution is 2.22. The second-order valence-electron chi connectivity index (χ2n) is 7.70. The molecule has 2 saturated heterocycles. The van der Waals surface area contributed by atoms with Crippen LogP contribution in [-0.4, -0.2) is 72.8 Å². The minimum absolute atomic E-state index is 0.0702. The number of carbonyl (C=O) groups excluding carboxylic acids is 1. The molecule has 0 aliphatic carbocycles. The van der Waals surface area contributed by atoms with E-state index in [4.69, 9.17) is 9.26 Å². The fourth-order valence-corrected chi connectivity index (χ4v) is 3.78. The van der Waals surface area contributed by atoms with E-state index in [0.717, 1.165) is 50.6 Å². The van der Waals surface area contributed by atoms with Gasteiger partial charge in [0.15, 0.2) is 0 Å². The van der Waals surface area contributed by atoms with Crippen molar-refractivity contribution in [2.24, 2.45) is 0 Å². The molecule has 1 amide bonds. The number of hydrogen-bond donors (Lipinski definition) is 1. The molecule has 2 fully saturated rings. The Bertz CT molecular complexity index is 775. The van der Waals surface area contributed by atoms with E-state index < -0.39 is 0 Å². The lowest BCUT2D eigenvalue weighted by Crippen LogP contribution is -2.50. The van der Waals surface area contributed by atoms with Gasteiger partial charge in [-0.25, -0.2) is 0 Å². The van der Waals surface area contributed by atoms with Gasteiger partial charge in [0, 0.05) is 51.0 Å². The average molecular weight is 384 g/mol. The Kier molecular flexibility index (Phi) is 6.04. The van der Waals surface area contributed by atoms with Crippen LogP contribution in [0.1, 0.15) is 18.4 Å². The van der Waals surface area contributed by atoms with Crippen molar-refractivity contribution in [3.63, 3.8) is 0 Å². The summed E-state index contributed by atoms with van der Waals surface area (Å²) in [5.41, 5.74) is 2.88. The van der Waals surface area contributed by atoms with Crippen molar-refractivity contribution in [3.8, 4) is 11.3 Å². The molecule has 0 bridgehead atoms. The molecule has 7 nitrogen and oxygen atoms in total. The fraction of sp³-hybridized carbons (Fsp3) is 0.524. The highest BCUT2D eigenvalue weighted by Gasteiger charge is 2.23. The molecule has 1 N–H and O–H groups in total. The Balaban J connectivity index is 1.22. The van der Waals surface area contributed by atoms with Gasteiger partial charge in [-0.3, -0.25) is 19.9 Å². The van der Waals surface area contributed by atoms with Crippen LogP contribution in [0.2, 0.25) is 0 Å². The molecule has 1 aromatic carbocycles. The molecule has 4 rings (SSSR count). The molecular formula is C21H28N4O3. The maximum absolute atomic E-state index is 12.4. The van der Waals surface area contributed by atoms with Gasteiger partial charge >= 0.3 is 0 Å². The predicted molar refractivity (Wildman–Crippen MR) is 107 cm³/mol. The number of aryl methyl sites for hydroxylation is 1. The summed E-state index contributed by atoms with van der Waals surface area (Å²) in [6.07, 6.45) is 2.74. The summed E-state index contributed by atoms with van der Waals surface area (Å²) < 4.78 is 11.0. The molecule has 0 saturated carbocycles. The van der Waals surface area contributed by atoms with Crippen LogP contribution in [0.3, 0.4) is 0 Å². The average Bonchev–Trinajstić information content (AvgIpc) is 3.36. The maximum atomic E-state index is 12.4. The second-order valence-corrected chi connectivity index (χ2v) is 7.70. The van der Waals surface area contributed by atoms with Crippen molar-refractivity contribution < 1.29 is 14.1 Å². The highest BCUT2D eigenvalue weighted by molar-refractivity contribution is 5.91. The van der Waals surface area contributed by atoms with Gasteiger partial charge in [-0.05, 0) is 19.8 Å². The van der Waals surface area contributed by atoms with E-state index >= 15 is 0 Å². The lowest BCUT2D eigenvalue weighted by molar-refractivity contribution is -0.117. The van der Waals surface area contributed by atoms with Crippen LogP contribution >= 0.6 is 0 Å². The molecule has 1 aromatic heterocycles. The molecule has 3 heterocycles. The van der Waals surface area contributed by atoms with Gasteiger partial charge in [0.1, 0.15) is 5.69 Å². The van der Waals surface area contributed by atoms with Crippen LogP contribution in [-0.2, 0) is 9.53 Å². The van der Waals surface area contributed by atoms with Gasteiger partial charge in [0.2, 0.25) is 11.8 Å². The van der Waals surface area contributed by atoms with E-state index in [-0.39, 0.29) is 5.91 Å². The number of anilines is 1. The standard InChI is InChI=1S/C21H28N4O3/c1-16-4-6-17(7-5-16)19-13-21(28-23-19)22-20(26)15-25-10-8-24(9-11-25)14-18-3-2-12-27-18/h4-7,13,18H,2-3,8-12,14-15H2,1H3,(H,22,26)/t18-/m1/s1. The first kappa shape index (κ1) is 19.1. The topological polar surface area (TPSA) is 70.8 Å². The Morgan fingerprint density at radius 2 is 1.93 bits per heavy atom. The number of piperazine rings is 1. The highest BCUT2D eigenvalue weighted by atomic mass is 16.5. The quantitative estimate of drug-likeness (QED) is 0.825. The van der Waals surface area contributed by atoms with Crippen LogP contribution in [0.25, 0.3) is 11.3 Å². The molecule has 1 atom stereocenters. The maximum Gasteiger partial charge on any atom is 0.240 e. The molecular weight excluding hydrogens is 356 g/mol. The van der Waals surface area contributed by atoms with E-state index in [1.54, 1.807) is 6.07 Å². The van der Waals surface area contributed by atoms with Crippen molar-refractivity contribution >= 4 is 11.8 Å². The number of rotatable bonds is 6. The van der Waals surface area contributed by atoms with Crippen molar-refractivity contribution in [1.82, 2.24) is 15.0 Å². The summed E-state index contributed by atoms with van der Waals surface area (Å²) in [5.74, 6) is 0.316. The van der Waals surface area contributed by atoms with Crippen LogP contribution < -0.4 is 5.32 Å². The summed E-state index contributed by atoms with van der Waals surface area (Å²) in [5, 5.41) is 6.87. The molecule has 2 aliphatic rings. The smallest absolute Gasteiger partial charge is 0.240 e. The van der Waals surface area contributed by atoms with E-state index in [2.05, 4.69) is 20.3 Å². The van der Waals surface area contributed by atoms with Gasteiger partial charge in [-0.2, -0.15) is 0 Å². The number of benzene rings is 1. The van der Waals surface area contributed by atoms with Gasteiger partial charge in [-0.1, -0.05) is 35.0 Å². The van der Waals surface area contributed by atoms with E-state index in [1.165, 1.54) is 18.4 Å². The zero-order valence-electron chi connectivity index (χ0n) is 16.4. The summed E-state index contributed by atoms with van der Waals surface area (Å²) in [7, 11) is 0. The molecule has 2 aromatic rings. The fourth-order valence-electron chi connectivity index (χ4n) is 3.78. The van der Waals surface area contributed by atoms with Crippen LogP contribution in [0.4, 0.5) is 5.88 Å². The molecule has 28 heavy (non-hydrogen) atoms. The van der Waals surface area contributed by atoms with Crippen molar-refractivity contribution in [1.29, 1.82) is 0 Å². The Labute approximate surface area is 165 Å². The minimum Gasteiger partial charge on any atom is -0.377 e. The lowest BCUT2D eigenvalue weighted by Gasteiger charge is -2.35. The molecule has 0 spiro atoms. The third-order valence-electron chi connectivity index (χ3n) is 5.44. The van der Waals surface area contributed by atoms with Crippen LogP contribution in [0, 0.1) is 6.92 Å². The zero-order valence-corrected chi connectivity index (χ0v) is 16.4. The van der Waals surface area contributed by atoms with Gasteiger partial charge < -0.3 is 9.26 Å². The Morgan fingerprint density at radius 1 is 1.18 bits per heavy atom. The van der Waals surface area contributed by atoms with Crippen LogP contribution in [0.15, 0.2) is 34.9 Å². The van der Waals surface area contributed by atoms with E-state index in [1.807, 2.05) is 31.2 Å². The van der Waals surface area contributed by atoms with Gasteiger partial charge in [0.25, 0.3) is 0 Å². The SMILES string of the molecule is Cc1ccc(-c2cc(NC(=O)CN3CCN(C[C@H]4CCCO4)CC3)on2)cc1. The first-order chi connectivity index (χ1) is 13.7. The number of nitrogens with zero attached hydrogens (tertiary/aromatic N) is 3. The first-order valence-electron chi connectivity index (χ1n) is 10.1. The van der Waals surface area contributed by atoms with Gasteiger partial charge in [0.05, 0.1) is 12.6 Å². The number of carbonyl (C=O) groups is 1. The normalized spacial score (nSPS) is 21.1. The Hall–Kier alpha value is -2.22. The number of hydrogen-bond acceptors (Lipinski definition) is 6. The summed E-state index contributed by atoms with van der Waals surface area (Å²) in [4.78, 5) is 17.0. The molecule has 2 aliphatic heterocycles. The summed E-state index contributed by atoms with van der Waals surface area (Å²) in [6.45, 7) is 8.07. The largest absolute Gasteiger partial charge is 0.377 e. The Morgan fingerprint density at radius 3 is 2.64 bits per heavy atom. The van der Waals surface area contributed by atoms with E-state index in [9.17, 15) is 4.79 Å². The third-order valence-corrected chi connectivity index (χ3v) is 5.44.